The summed E-state index contributed by atoms with van der Waals surface area (Å²) in [5.41, 5.74) is 2.55. The van der Waals surface area contributed by atoms with Crippen molar-refractivity contribution in [1.82, 2.24) is 4.90 Å². The average Bonchev–Trinajstić information content (AvgIpc) is 3.24. The fourth-order valence-corrected chi connectivity index (χ4v) is 4.70. The van der Waals surface area contributed by atoms with E-state index in [2.05, 4.69) is 0 Å². The number of carbonyl (C=O) groups excluding carboxylic acids is 3. The third-order valence-electron chi connectivity index (χ3n) is 6.07. The molecule has 3 aliphatic heterocycles. The molecule has 1 amide bonds. The molecule has 2 fully saturated rings. The predicted octanol–water partition coefficient (Wildman–Crippen LogP) is 2.91. The third kappa shape index (κ3) is 3.77. The molecule has 0 unspecified atom stereocenters. The fraction of sp³-hybridized carbons (Fsp3) is 0.217. The van der Waals surface area contributed by atoms with Crippen LogP contribution < -0.4 is 0 Å². The van der Waals surface area contributed by atoms with Gasteiger partial charge in [-0.15, -0.1) is 0 Å². The first-order chi connectivity index (χ1) is 15.7. The Bertz CT molecular complexity index is 1220. The molecule has 0 radical (unpaired) electrons. The summed E-state index contributed by atoms with van der Waals surface area (Å²) in [5.74, 6) is 0.595. The number of rotatable bonds is 3. The van der Waals surface area contributed by atoms with Crippen LogP contribution in [0, 0.1) is 11.3 Å². The second-order valence-corrected chi connectivity index (χ2v) is 8.71. The molecule has 8 nitrogen and oxygen atoms in total. The maximum absolute atomic E-state index is 13.2. The third-order valence-corrected chi connectivity index (χ3v) is 6.44. The maximum Gasteiger partial charge on any atom is 0.609 e. The number of carbonyl (C=O) groups is 3. The Hall–Kier alpha value is -3.61. The number of hydrogen-bond donors (Lipinski definition) is 0. The van der Waals surface area contributed by atoms with Gasteiger partial charge in [0, 0.05) is 35.8 Å². The van der Waals surface area contributed by atoms with Crippen LogP contribution in [0.2, 0.25) is 5.02 Å². The van der Waals surface area contributed by atoms with E-state index < -0.39 is 18.6 Å². The van der Waals surface area contributed by atoms with Crippen LogP contribution in [-0.2, 0) is 25.4 Å². The van der Waals surface area contributed by atoms with Gasteiger partial charge in [-0.1, -0.05) is 54.0 Å². The van der Waals surface area contributed by atoms with Crippen molar-refractivity contribution < 1.29 is 28.1 Å². The standard InChI is InChI=1S/C21H18BClN2O5.C2H3N/c1-25-12-19(26)29-22(25,30-20(27)13-25)10-18-15-7-3-4-8-16(15)21(28)24(18)11-14-6-2-5-9-17(14)23;1-2-3/h2-10H,11-13H2,1H3;1H3/b18-10+;. The van der Waals surface area contributed by atoms with Crippen LogP contribution in [0.4, 0.5) is 0 Å². The van der Waals surface area contributed by atoms with E-state index in [1.165, 1.54) is 6.92 Å². The number of likely N-dealkylation sites (N-methyl/N-ethyl adjacent to an activating group) is 1. The number of benzene rings is 2. The lowest BCUT2D eigenvalue weighted by molar-refractivity contribution is -0.791. The first-order valence-corrected chi connectivity index (χ1v) is 10.7. The van der Waals surface area contributed by atoms with Crippen LogP contribution in [0.25, 0.3) is 5.70 Å². The summed E-state index contributed by atoms with van der Waals surface area (Å²) in [6.45, 7) is -0.686. The number of nitrogens with zero attached hydrogens (tertiary/aromatic N) is 3. The van der Waals surface area contributed by atoms with Crippen molar-refractivity contribution in [3.8, 4) is 6.07 Å². The minimum Gasteiger partial charge on any atom is -0.596 e. The molecular weight excluding hydrogens is 445 g/mol. The SMILES string of the molecule is CC#N.C[N+]12CC(=O)O[B-]1(/C=C1\c3ccccc3C(=O)N1Cc1ccccc1Cl)OC(=O)C2. The molecule has 2 aromatic carbocycles. The van der Waals surface area contributed by atoms with Crippen LogP contribution >= 0.6 is 11.6 Å². The summed E-state index contributed by atoms with van der Waals surface area (Å²) in [6.07, 6.45) is 0. The van der Waals surface area contributed by atoms with Crippen molar-refractivity contribution in [2.24, 2.45) is 0 Å². The molecule has 3 aliphatic rings. The highest BCUT2D eigenvalue weighted by Gasteiger charge is 2.64. The van der Waals surface area contributed by atoms with Gasteiger partial charge in [0.2, 0.25) is 0 Å². The van der Waals surface area contributed by atoms with E-state index in [4.69, 9.17) is 26.2 Å². The van der Waals surface area contributed by atoms with Gasteiger partial charge in [-0.2, -0.15) is 5.26 Å². The monoisotopic (exact) mass is 465 g/mol. The Labute approximate surface area is 196 Å². The topological polar surface area (TPSA) is 96.7 Å². The van der Waals surface area contributed by atoms with Crippen LogP contribution in [0.1, 0.15) is 28.4 Å². The second-order valence-electron chi connectivity index (χ2n) is 8.31. The van der Waals surface area contributed by atoms with E-state index in [1.54, 1.807) is 42.2 Å². The molecule has 0 aliphatic carbocycles. The summed E-state index contributed by atoms with van der Waals surface area (Å²) in [4.78, 5) is 39.1. The quantitative estimate of drug-likeness (QED) is 0.647. The average molecular weight is 466 g/mol. The Morgan fingerprint density at radius 2 is 1.61 bits per heavy atom. The molecule has 0 saturated carbocycles. The molecule has 2 aromatic rings. The second kappa shape index (κ2) is 8.39. The van der Waals surface area contributed by atoms with Crippen molar-refractivity contribution in [3.05, 3.63) is 76.2 Å². The highest BCUT2D eigenvalue weighted by atomic mass is 35.5. The van der Waals surface area contributed by atoms with Gasteiger partial charge in [-0.3, -0.25) is 14.4 Å². The molecule has 2 saturated heterocycles. The van der Waals surface area contributed by atoms with Crippen molar-refractivity contribution in [2.75, 3.05) is 20.1 Å². The Morgan fingerprint density at radius 1 is 1.06 bits per heavy atom. The first kappa shape index (κ1) is 22.6. The molecule has 5 rings (SSSR count). The van der Waals surface area contributed by atoms with E-state index >= 15 is 0 Å². The molecule has 0 N–H and O–H groups in total. The van der Waals surface area contributed by atoms with Crippen molar-refractivity contribution in [2.45, 2.75) is 13.5 Å². The largest absolute Gasteiger partial charge is 0.609 e. The van der Waals surface area contributed by atoms with Crippen LogP contribution in [0.15, 0.2) is 54.5 Å². The normalized spacial score (nSPS) is 26.2. The zero-order chi connectivity index (χ0) is 23.8. The highest BCUT2D eigenvalue weighted by Crippen LogP contribution is 2.41. The van der Waals surface area contributed by atoms with E-state index in [-0.39, 0.29) is 29.9 Å². The van der Waals surface area contributed by atoms with Crippen LogP contribution in [0.3, 0.4) is 0 Å². The first-order valence-electron chi connectivity index (χ1n) is 10.3. The minimum absolute atomic E-state index is 0.0114. The summed E-state index contributed by atoms with van der Waals surface area (Å²) in [7, 11) is 1.76. The Balaban J connectivity index is 0.000000821. The molecule has 168 valence electrons. The molecule has 0 atom stereocenters. The van der Waals surface area contributed by atoms with E-state index in [9.17, 15) is 14.4 Å². The van der Waals surface area contributed by atoms with E-state index in [1.807, 2.05) is 30.3 Å². The predicted molar refractivity (Wildman–Crippen MR) is 121 cm³/mol. The van der Waals surface area contributed by atoms with Gasteiger partial charge >= 0.3 is 18.6 Å². The van der Waals surface area contributed by atoms with Crippen LogP contribution in [0.5, 0.6) is 0 Å². The van der Waals surface area contributed by atoms with Crippen LogP contribution in [-0.4, -0.2) is 54.0 Å². The molecule has 33 heavy (non-hydrogen) atoms. The summed E-state index contributed by atoms with van der Waals surface area (Å²) in [6, 6.07) is 16.2. The van der Waals surface area contributed by atoms with Gasteiger partial charge in [-0.25, -0.2) is 0 Å². The Morgan fingerprint density at radius 3 is 2.21 bits per heavy atom. The number of hydrogen-bond acceptors (Lipinski definition) is 6. The smallest absolute Gasteiger partial charge is 0.596 e. The number of halogens is 1. The van der Waals surface area contributed by atoms with Gasteiger partial charge in [-0.05, 0) is 17.7 Å². The van der Waals surface area contributed by atoms with E-state index in [0.717, 1.165) is 5.56 Å². The zero-order valence-electron chi connectivity index (χ0n) is 18.2. The molecule has 0 aromatic heterocycles. The van der Waals surface area contributed by atoms with Gasteiger partial charge in [0.1, 0.15) is 13.1 Å². The molecular formula is C23H21BClN3O5. The van der Waals surface area contributed by atoms with Crippen molar-refractivity contribution >= 4 is 41.8 Å². The molecule has 3 heterocycles. The maximum atomic E-state index is 13.2. The van der Waals surface area contributed by atoms with Crippen molar-refractivity contribution in [1.29, 1.82) is 5.26 Å². The van der Waals surface area contributed by atoms with Gasteiger partial charge in [0.25, 0.3) is 5.91 Å². The summed E-state index contributed by atoms with van der Waals surface area (Å²) in [5, 5.41) is 7.87. The molecule has 10 heteroatoms. The van der Waals surface area contributed by atoms with Gasteiger partial charge in [0.05, 0.1) is 12.6 Å². The number of nitriles is 1. The highest BCUT2D eigenvalue weighted by molar-refractivity contribution is 6.72. The lowest BCUT2D eigenvalue weighted by Crippen LogP contribution is -2.59. The lowest BCUT2D eigenvalue weighted by Gasteiger charge is -2.38. The zero-order valence-corrected chi connectivity index (χ0v) is 18.9. The lowest BCUT2D eigenvalue weighted by atomic mass is 9.67. The van der Waals surface area contributed by atoms with Crippen molar-refractivity contribution in [3.63, 3.8) is 0 Å². The number of quaternary nitrogens is 1. The van der Waals surface area contributed by atoms with Gasteiger partial charge in [0.15, 0.2) is 0 Å². The Kier molecular flexibility index (Phi) is 5.74. The van der Waals surface area contributed by atoms with E-state index in [0.29, 0.717) is 21.8 Å². The summed E-state index contributed by atoms with van der Waals surface area (Å²) >= 11 is 6.33. The molecule has 0 bridgehead atoms. The summed E-state index contributed by atoms with van der Waals surface area (Å²) < 4.78 is 11.2. The molecule has 0 spiro atoms. The van der Waals surface area contributed by atoms with Gasteiger partial charge < -0.3 is 18.6 Å². The number of fused-ring (bicyclic) bond motifs is 2. The minimum atomic E-state index is -2.42. The number of amides is 1. The fourth-order valence-electron chi connectivity index (χ4n) is 4.50.